The molecule has 2 amide bonds. The molecule has 96 valence electrons. The lowest BCUT2D eigenvalue weighted by atomic mass is 10.3. The molecule has 0 aromatic heterocycles. The molecule has 0 saturated heterocycles. The third kappa shape index (κ3) is 4.28. The van der Waals surface area contributed by atoms with E-state index in [1.807, 2.05) is 20.8 Å². The van der Waals surface area contributed by atoms with Crippen LogP contribution in [0, 0.1) is 0 Å². The Kier molecular flexibility index (Phi) is 4.84. The van der Waals surface area contributed by atoms with E-state index in [-0.39, 0.29) is 25.0 Å². The zero-order valence-electron chi connectivity index (χ0n) is 10.6. The van der Waals surface area contributed by atoms with E-state index in [1.54, 1.807) is 0 Å². The third-order valence-corrected chi connectivity index (χ3v) is 2.32. The smallest absolute Gasteiger partial charge is 0.253 e. The fourth-order valence-electron chi connectivity index (χ4n) is 1.42. The minimum absolute atomic E-state index is 0.254. The van der Waals surface area contributed by atoms with Gasteiger partial charge in [0.1, 0.15) is 0 Å². The van der Waals surface area contributed by atoms with Crippen LogP contribution >= 0.6 is 0 Å². The summed E-state index contributed by atoms with van der Waals surface area (Å²) in [7, 11) is 0. The van der Waals surface area contributed by atoms with Gasteiger partial charge in [0.15, 0.2) is 5.79 Å². The Morgan fingerprint density at radius 2 is 1.65 bits per heavy atom. The zero-order chi connectivity index (χ0) is 12.9. The van der Waals surface area contributed by atoms with E-state index < -0.39 is 5.79 Å². The first-order valence-electron chi connectivity index (χ1n) is 5.78. The van der Waals surface area contributed by atoms with Crippen LogP contribution in [0.3, 0.4) is 0 Å². The van der Waals surface area contributed by atoms with Gasteiger partial charge < -0.3 is 9.47 Å². The minimum Gasteiger partial charge on any atom is -0.351 e. The molecule has 1 heterocycles. The summed E-state index contributed by atoms with van der Waals surface area (Å²) in [6.07, 6.45) is 3.45. The van der Waals surface area contributed by atoms with Crippen LogP contribution in [0.1, 0.15) is 27.2 Å². The highest BCUT2D eigenvalue weighted by molar-refractivity contribution is 6.12. The van der Waals surface area contributed by atoms with Gasteiger partial charge in [0.2, 0.25) is 0 Å². The maximum atomic E-state index is 11.2. The van der Waals surface area contributed by atoms with Crippen LogP contribution in [0.5, 0.6) is 0 Å². The number of nitrogens with zero attached hydrogens (tertiary/aromatic N) is 1. The van der Waals surface area contributed by atoms with Crippen molar-refractivity contribution >= 4 is 11.8 Å². The molecule has 1 aliphatic heterocycles. The summed E-state index contributed by atoms with van der Waals surface area (Å²) in [4.78, 5) is 23.6. The molecule has 1 rings (SSSR count). The van der Waals surface area contributed by atoms with Gasteiger partial charge in [0.05, 0.1) is 13.2 Å². The number of amides is 2. The number of imide groups is 1. The molecule has 5 heteroatoms. The lowest BCUT2D eigenvalue weighted by molar-refractivity contribution is -0.214. The van der Waals surface area contributed by atoms with Crippen molar-refractivity contribution in [3.8, 4) is 0 Å². The molecule has 0 N–H and O–H groups in total. The lowest BCUT2D eigenvalue weighted by Crippen LogP contribution is -2.37. The number of carbonyl (C=O) groups is 2. The quantitative estimate of drug-likeness (QED) is 0.494. The number of rotatable bonds is 7. The molecule has 0 atom stereocenters. The van der Waals surface area contributed by atoms with E-state index in [2.05, 4.69) is 0 Å². The Labute approximate surface area is 101 Å². The molecular formula is C12H19NO4. The topological polar surface area (TPSA) is 55.8 Å². The molecule has 0 aliphatic carbocycles. The Balaban J connectivity index is 2.28. The van der Waals surface area contributed by atoms with Crippen molar-refractivity contribution in [2.45, 2.75) is 33.0 Å². The summed E-state index contributed by atoms with van der Waals surface area (Å²) in [5, 5.41) is 0. The summed E-state index contributed by atoms with van der Waals surface area (Å²) in [5.41, 5.74) is 0. The molecule has 0 fully saturated rings. The summed E-state index contributed by atoms with van der Waals surface area (Å²) in [5.74, 6) is -1.26. The SMILES string of the molecule is CCCOC(C)(C)OCCN1C(=O)C=CC1=O. The average Bonchev–Trinajstić information content (AvgIpc) is 2.58. The highest BCUT2D eigenvalue weighted by Gasteiger charge is 2.24. The molecular weight excluding hydrogens is 222 g/mol. The van der Waals surface area contributed by atoms with Gasteiger partial charge in [0.25, 0.3) is 11.8 Å². The van der Waals surface area contributed by atoms with Crippen LogP contribution in [-0.4, -0.2) is 42.3 Å². The predicted octanol–water partition coefficient (Wildman–Crippen LogP) is 1.09. The second-order valence-electron chi connectivity index (χ2n) is 4.26. The molecule has 5 nitrogen and oxygen atoms in total. The summed E-state index contributed by atoms with van der Waals surface area (Å²) in [6, 6.07) is 0. The van der Waals surface area contributed by atoms with Gasteiger partial charge in [-0.25, -0.2) is 0 Å². The molecule has 0 aromatic carbocycles. The van der Waals surface area contributed by atoms with Crippen molar-refractivity contribution < 1.29 is 19.1 Å². The van der Waals surface area contributed by atoms with Crippen molar-refractivity contribution in [2.75, 3.05) is 19.8 Å². The average molecular weight is 241 g/mol. The Morgan fingerprint density at radius 1 is 1.12 bits per heavy atom. The van der Waals surface area contributed by atoms with Gasteiger partial charge in [-0.3, -0.25) is 14.5 Å². The first kappa shape index (κ1) is 13.9. The molecule has 0 unspecified atom stereocenters. The third-order valence-electron chi connectivity index (χ3n) is 2.32. The van der Waals surface area contributed by atoms with Crippen LogP contribution in [0.4, 0.5) is 0 Å². The van der Waals surface area contributed by atoms with Gasteiger partial charge in [-0.1, -0.05) is 6.92 Å². The van der Waals surface area contributed by atoms with Crippen LogP contribution in [-0.2, 0) is 19.1 Å². The van der Waals surface area contributed by atoms with E-state index in [1.165, 1.54) is 12.2 Å². The van der Waals surface area contributed by atoms with Gasteiger partial charge in [-0.05, 0) is 20.3 Å². The van der Waals surface area contributed by atoms with Gasteiger partial charge in [-0.2, -0.15) is 0 Å². The maximum Gasteiger partial charge on any atom is 0.253 e. The predicted molar refractivity (Wildman–Crippen MR) is 62.1 cm³/mol. The summed E-state index contributed by atoms with van der Waals surface area (Å²) < 4.78 is 11.0. The first-order valence-corrected chi connectivity index (χ1v) is 5.78. The fourth-order valence-corrected chi connectivity index (χ4v) is 1.42. The highest BCUT2D eigenvalue weighted by Crippen LogP contribution is 2.12. The Hall–Kier alpha value is -1.20. The normalized spacial score (nSPS) is 16.1. The number of carbonyl (C=O) groups excluding carboxylic acids is 2. The van der Waals surface area contributed by atoms with Crippen molar-refractivity contribution in [3.05, 3.63) is 12.2 Å². The highest BCUT2D eigenvalue weighted by atomic mass is 16.7. The molecule has 0 saturated carbocycles. The number of hydrogen-bond acceptors (Lipinski definition) is 4. The van der Waals surface area contributed by atoms with Gasteiger partial charge in [-0.15, -0.1) is 0 Å². The molecule has 0 bridgehead atoms. The Bertz CT molecular complexity index is 304. The monoisotopic (exact) mass is 241 g/mol. The largest absolute Gasteiger partial charge is 0.351 e. The minimum atomic E-state index is -0.685. The van der Waals surface area contributed by atoms with E-state index in [9.17, 15) is 9.59 Å². The van der Waals surface area contributed by atoms with Gasteiger partial charge in [0, 0.05) is 18.8 Å². The number of hydrogen-bond donors (Lipinski definition) is 0. The van der Waals surface area contributed by atoms with E-state index >= 15 is 0 Å². The molecule has 17 heavy (non-hydrogen) atoms. The summed E-state index contributed by atoms with van der Waals surface area (Å²) in [6.45, 7) is 6.79. The molecule has 0 aromatic rings. The molecule has 0 spiro atoms. The van der Waals surface area contributed by atoms with Crippen LogP contribution in [0.15, 0.2) is 12.2 Å². The summed E-state index contributed by atoms with van der Waals surface area (Å²) >= 11 is 0. The lowest BCUT2D eigenvalue weighted by Gasteiger charge is -2.26. The maximum absolute atomic E-state index is 11.2. The number of ether oxygens (including phenoxy) is 2. The second kappa shape index (κ2) is 5.93. The fraction of sp³-hybridized carbons (Fsp3) is 0.667. The first-order chi connectivity index (χ1) is 7.96. The van der Waals surface area contributed by atoms with Crippen molar-refractivity contribution in [1.82, 2.24) is 4.90 Å². The van der Waals surface area contributed by atoms with Gasteiger partial charge >= 0.3 is 0 Å². The van der Waals surface area contributed by atoms with Crippen LogP contribution in [0.25, 0.3) is 0 Å². The zero-order valence-corrected chi connectivity index (χ0v) is 10.6. The van der Waals surface area contributed by atoms with Crippen LogP contribution < -0.4 is 0 Å². The van der Waals surface area contributed by atoms with E-state index in [0.717, 1.165) is 11.3 Å². The van der Waals surface area contributed by atoms with Crippen molar-refractivity contribution in [1.29, 1.82) is 0 Å². The molecule has 1 aliphatic rings. The van der Waals surface area contributed by atoms with Crippen LogP contribution in [0.2, 0.25) is 0 Å². The standard InChI is InChI=1S/C12H19NO4/c1-4-8-16-12(2,3)17-9-7-13-10(14)5-6-11(13)15/h5-6H,4,7-9H2,1-3H3. The molecule has 0 radical (unpaired) electrons. The Morgan fingerprint density at radius 3 is 2.18 bits per heavy atom. The van der Waals surface area contributed by atoms with E-state index in [0.29, 0.717) is 6.61 Å². The van der Waals surface area contributed by atoms with E-state index in [4.69, 9.17) is 9.47 Å². The van der Waals surface area contributed by atoms with Crippen molar-refractivity contribution in [2.24, 2.45) is 0 Å². The second-order valence-corrected chi connectivity index (χ2v) is 4.26. The van der Waals surface area contributed by atoms with Crippen molar-refractivity contribution in [3.63, 3.8) is 0 Å².